The molecule has 0 aromatic carbocycles. The molecular formula is C5H12O4P+. The Balaban J connectivity index is 3.68. The van der Waals surface area contributed by atoms with E-state index in [0.29, 0.717) is 0 Å². The van der Waals surface area contributed by atoms with Gasteiger partial charge in [-0.2, -0.15) is 0 Å². The molecule has 0 rings (SSSR count). The molecule has 4 nitrogen and oxygen atoms in total. The highest BCUT2D eigenvalue weighted by Crippen LogP contribution is 2.12. The van der Waals surface area contributed by atoms with Crippen LogP contribution in [-0.4, -0.2) is 26.6 Å². The van der Waals surface area contributed by atoms with Crippen molar-refractivity contribution in [3.05, 3.63) is 0 Å². The van der Waals surface area contributed by atoms with E-state index >= 15 is 0 Å². The van der Waals surface area contributed by atoms with Crippen molar-refractivity contribution < 1.29 is 18.6 Å². The largest absolute Gasteiger partial charge is 0.494 e. The molecule has 1 unspecified atom stereocenters. The maximum atomic E-state index is 9.90. The van der Waals surface area contributed by atoms with Crippen LogP contribution in [0.2, 0.25) is 0 Å². The average molecular weight is 167 g/mol. The number of ether oxygens (including phenoxy) is 2. The van der Waals surface area contributed by atoms with E-state index in [1.54, 1.807) is 6.92 Å². The normalized spacial score (nSPS) is 12.3. The van der Waals surface area contributed by atoms with Crippen LogP contribution in [0, 0.1) is 0 Å². The summed E-state index contributed by atoms with van der Waals surface area (Å²) < 4.78 is 24.3. The van der Waals surface area contributed by atoms with Crippen molar-refractivity contribution in [2.45, 2.75) is 12.7 Å². The molecule has 0 amide bonds. The summed E-state index contributed by atoms with van der Waals surface area (Å²) in [6.45, 7) is 1.87. The zero-order chi connectivity index (χ0) is 8.04. The van der Waals surface area contributed by atoms with E-state index < -0.39 is 14.5 Å². The van der Waals surface area contributed by atoms with Gasteiger partial charge in [-0.05, 0) is 11.5 Å². The Kier molecular flexibility index (Phi) is 4.73. The zero-order valence-corrected chi connectivity index (χ0v) is 7.34. The fourth-order valence-electron chi connectivity index (χ4n) is 0.362. The molecule has 0 aliphatic rings. The molecular weight excluding hydrogens is 155 g/mol. The van der Waals surface area contributed by atoms with E-state index in [1.165, 1.54) is 14.2 Å². The van der Waals surface area contributed by atoms with Crippen LogP contribution in [0.3, 0.4) is 0 Å². The van der Waals surface area contributed by atoms with E-state index in [2.05, 4.69) is 4.52 Å². The van der Waals surface area contributed by atoms with Crippen molar-refractivity contribution >= 4 is 8.69 Å². The third kappa shape index (κ3) is 3.22. The van der Waals surface area contributed by atoms with Crippen LogP contribution in [0.5, 0.6) is 0 Å². The lowest BCUT2D eigenvalue weighted by Crippen LogP contribution is -2.34. The molecule has 5 heteroatoms. The summed E-state index contributed by atoms with van der Waals surface area (Å²) in [5.41, 5.74) is 0. The molecule has 0 fully saturated rings. The summed E-state index contributed by atoms with van der Waals surface area (Å²) in [4.78, 5) is 0. The van der Waals surface area contributed by atoms with Crippen LogP contribution in [0.15, 0.2) is 0 Å². The predicted molar refractivity (Wildman–Crippen MR) is 37.4 cm³/mol. The third-order valence-electron chi connectivity index (χ3n) is 1.26. The smallest absolute Gasteiger partial charge is 0.351 e. The Bertz CT molecular complexity index is 102. The van der Waals surface area contributed by atoms with Crippen molar-refractivity contribution in [1.82, 2.24) is 0 Å². The van der Waals surface area contributed by atoms with E-state index in [9.17, 15) is 4.57 Å². The molecule has 60 valence electrons. The fraction of sp³-hybridized carbons (Fsp3) is 1.00. The summed E-state index contributed by atoms with van der Waals surface area (Å²) in [5.74, 6) is -0.780. The summed E-state index contributed by atoms with van der Waals surface area (Å²) in [6.07, 6.45) is 0. The maximum Gasteiger partial charge on any atom is 0.494 e. The molecule has 0 saturated heterocycles. The first-order chi connectivity index (χ1) is 4.68. The van der Waals surface area contributed by atoms with Gasteiger partial charge in [0, 0.05) is 14.2 Å². The lowest BCUT2D eigenvalue weighted by molar-refractivity contribution is -0.208. The molecule has 0 saturated carbocycles. The molecule has 0 heterocycles. The third-order valence-corrected chi connectivity index (χ3v) is 1.52. The molecule has 10 heavy (non-hydrogen) atoms. The second kappa shape index (κ2) is 4.74. The van der Waals surface area contributed by atoms with E-state index in [1.807, 2.05) is 0 Å². The highest BCUT2D eigenvalue weighted by Gasteiger charge is 2.24. The Morgan fingerprint density at radius 1 is 1.40 bits per heavy atom. The number of hydrogen-bond donors (Lipinski definition) is 0. The van der Waals surface area contributed by atoms with Gasteiger partial charge in [-0.15, -0.1) is 4.52 Å². The van der Waals surface area contributed by atoms with Crippen LogP contribution in [0.4, 0.5) is 0 Å². The summed E-state index contributed by atoms with van der Waals surface area (Å²) in [6, 6.07) is 0. The van der Waals surface area contributed by atoms with Crippen LogP contribution >= 0.6 is 8.69 Å². The predicted octanol–water partition coefficient (Wildman–Crippen LogP) is 0.951. The molecule has 0 aromatic rings. The summed E-state index contributed by atoms with van der Waals surface area (Å²) in [7, 11) is 2.23. The SMILES string of the molecule is COC(C)(CO[PH+]=O)OC. The van der Waals surface area contributed by atoms with Gasteiger partial charge in [0.2, 0.25) is 0 Å². The minimum atomic E-state index is -0.780. The lowest BCUT2D eigenvalue weighted by Gasteiger charge is -2.22. The van der Waals surface area contributed by atoms with Gasteiger partial charge in [-0.3, -0.25) is 0 Å². The molecule has 0 bridgehead atoms. The van der Waals surface area contributed by atoms with Gasteiger partial charge in [0.05, 0.1) is 0 Å². The molecule has 1 atom stereocenters. The van der Waals surface area contributed by atoms with Gasteiger partial charge in [-0.25, -0.2) is 0 Å². The molecule has 0 aliphatic heterocycles. The second-order valence-corrected chi connectivity index (χ2v) is 2.37. The van der Waals surface area contributed by atoms with Crippen molar-refractivity contribution in [3.8, 4) is 0 Å². The van der Waals surface area contributed by atoms with Gasteiger partial charge in [0.25, 0.3) is 0 Å². The van der Waals surface area contributed by atoms with Crippen LogP contribution in [0.1, 0.15) is 6.92 Å². The Morgan fingerprint density at radius 2 is 1.90 bits per heavy atom. The molecule has 0 aromatic heterocycles. The fourth-order valence-corrected chi connectivity index (χ4v) is 0.683. The zero-order valence-electron chi connectivity index (χ0n) is 6.34. The van der Waals surface area contributed by atoms with Gasteiger partial charge in [0.15, 0.2) is 12.4 Å². The molecule has 0 N–H and O–H groups in total. The van der Waals surface area contributed by atoms with Crippen molar-refractivity contribution in [3.63, 3.8) is 0 Å². The Labute approximate surface area is 61.7 Å². The van der Waals surface area contributed by atoms with Crippen molar-refractivity contribution in [1.29, 1.82) is 0 Å². The van der Waals surface area contributed by atoms with Gasteiger partial charge >= 0.3 is 8.69 Å². The molecule has 0 radical (unpaired) electrons. The van der Waals surface area contributed by atoms with Crippen LogP contribution in [-0.2, 0) is 18.6 Å². The van der Waals surface area contributed by atoms with Gasteiger partial charge < -0.3 is 9.47 Å². The highest BCUT2D eigenvalue weighted by molar-refractivity contribution is 7.17. The lowest BCUT2D eigenvalue weighted by atomic mass is 10.3. The Hall–Kier alpha value is -0.0200. The second-order valence-electron chi connectivity index (χ2n) is 1.91. The minimum absolute atomic E-state index is 0.169. The Morgan fingerprint density at radius 3 is 2.20 bits per heavy atom. The van der Waals surface area contributed by atoms with Crippen LogP contribution < -0.4 is 0 Å². The van der Waals surface area contributed by atoms with Crippen molar-refractivity contribution in [2.24, 2.45) is 0 Å². The maximum absolute atomic E-state index is 9.90. The highest BCUT2D eigenvalue weighted by atomic mass is 31.1. The van der Waals surface area contributed by atoms with Crippen LogP contribution in [0.25, 0.3) is 0 Å². The number of methoxy groups -OCH3 is 2. The monoisotopic (exact) mass is 167 g/mol. The molecule has 0 aliphatic carbocycles. The number of rotatable bonds is 5. The average Bonchev–Trinajstić information content (AvgIpc) is 2.00. The standard InChI is InChI=1S/C5H12O4P/c1-5(7-2,8-3)4-9-10-6/h10H,4H2,1-3H3/q+1. The van der Waals surface area contributed by atoms with E-state index in [-0.39, 0.29) is 6.61 Å². The topological polar surface area (TPSA) is 44.8 Å². The first kappa shape index (κ1) is 9.98. The summed E-state index contributed by atoms with van der Waals surface area (Å²) in [5, 5.41) is 0. The van der Waals surface area contributed by atoms with Gasteiger partial charge in [0.1, 0.15) is 0 Å². The number of hydrogen-bond acceptors (Lipinski definition) is 4. The van der Waals surface area contributed by atoms with Crippen molar-refractivity contribution in [2.75, 3.05) is 20.8 Å². The van der Waals surface area contributed by atoms with E-state index in [0.717, 1.165) is 0 Å². The summed E-state index contributed by atoms with van der Waals surface area (Å²) >= 11 is 0. The molecule has 0 spiro atoms. The van der Waals surface area contributed by atoms with E-state index in [4.69, 9.17) is 9.47 Å². The minimum Gasteiger partial charge on any atom is -0.351 e. The first-order valence-electron chi connectivity index (χ1n) is 2.78. The first-order valence-corrected chi connectivity index (χ1v) is 3.59. The van der Waals surface area contributed by atoms with Gasteiger partial charge in [-0.1, -0.05) is 0 Å². The quantitative estimate of drug-likeness (QED) is 0.451.